The lowest BCUT2D eigenvalue weighted by atomic mass is 10.2. The highest BCUT2D eigenvalue weighted by molar-refractivity contribution is 7.89. The van der Waals surface area contributed by atoms with Gasteiger partial charge in [0.15, 0.2) is 0 Å². The van der Waals surface area contributed by atoms with Crippen molar-refractivity contribution in [3.8, 4) is 11.3 Å². The predicted molar refractivity (Wildman–Crippen MR) is 107 cm³/mol. The maximum absolute atomic E-state index is 13.7. The van der Waals surface area contributed by atoms with Crippen LogP contribution in [0.5, 0.6) is 0 Å². The van der Waals surface area contributed by atoms with Gasteiger partial charge in [-0.3, -0.25) is 4.79 Å². The van der Waals surface area contributed by atoms with Gasteiger partial charge in [-0.15, -0.1) is 0 Å². The van der Waals surface area contributed by atoms with Crippen molar-refractivity contribution in [2.24, 2.45) is 0 Å². The molecule has 0 saturated heterocycles. The number of carbonyl (C=O) groups is 1. The van der Waals surface area contributed by atoms with Crippen LogP contribution in [-0.2, 0) is 21.4 Å². The largest absolute Gasteiger partial charge is 0.459 e. The highest BCUT2D eigenvalue weighted by atomic mass is 35.5. The average molecular weight is 437 g/mol. The van der Waals surface area contributed by atoms with Gasteiger partial charge in [-0.1, -0.05) is 23.7 Å². The SMILES string of the molecule is C[C@H](NS(=O)(=O)c1ccccc1F)C(=O)NCc1ccc(-c2ccc(Cl)cc2)o1. The molecule has 1 atom stereocenters. The predicted octanol–water partition coefficient (Wildman–Crippen LogP) is 3.72. The summed E-state index contributed by atoms with van der Waals surface area (Å²) in [6, 6.07) is 14.4. The van der Waals surface area contributed by atoms with Gasteiger partial charge >= 0.3 is 0 Å². The van der Waals surface area contributed by atoms with Crippen molar-refractivity contribution in [2.45, 2.75) is 24.4 Å². The molecule has 9 heteroatoms. The molecule has 6 nitrogen and oxygen atoms in total. The van der Waals surface area contributed by atoms with E-state index in [2.05, 4.69) is 10.0 Å². The molecule has 0 fully saturated rings. The van der Waals surface area contributed by atoms with Crippen molar-refractivity contribution in [3.63, 3.8) is 0 Å². The van der Waals surface area contributed by atoms with Crippen LogP contribution in [0.1, 0.15) is 12.7 Å². The Kier molecular flexibility index (Phi) is 6.36. The average Bonchev–Trinajstić information content (AvgIpc) is 3.15. The van der Waals surface area contributed by atoms with Gasteiger partial charge in [-0.05, 0) is 55.5 Å². The summed E-state index contributed by atoms with van der Waals surface area (Å²) in [7, 11) is -4.17. The molecule has 1 aromatic heterocycles. The Morgan fingerprint density at radius 3 is 2.48 bits per heavy atom. The molecule has 3 aromatic rings. The first-order valence-corrected chi connectivity index (χ1v) is 10.5. The Balaban J connectivity index is 1.59. The monoisotopic (exact) mass is 436 g/mol. The number of rotatable bonds is 7. The number of benzene rings is 2. The van der Waals surface area contributed by atoms with Crippen molar-refractivity contribution >= 4 is 27.5 Å². The number of sulfonamides is 1. The van der Waals surface area contributed by atoms with Crippen LogP contribution in [0.2, 0.25) is 5.02 Å². The molecule has 0 unspecified atom stereocenters. The van der Waals surface area contributed by atoms with Crippen molar-refractivity contribution in [1.82, 2.24) is 10.0 Å². The lowest BCUT2D eigenvalue weighted by Crippen LogP contribution is -2.44. The molecule has 2 N–H and O–H groups in total. The summed E-state index contributed by atoms with van der Waals surface area (Å²) in [5.74, 6) is -0.362. The van der Waals surface area contributed by atoms with Gasteiger partial charge in [-0.2, -0.15) is 4.72 Å². The normalized spacial score (nSPS) is 12.5. The van der Waals surface area contributed by atoms with Gasteiger partial charge in [-0.25, -0.2) is 12.8 Å². The fraction of sp³-hybridized carbons (Fsp3) is 0.150. The maximum atomic E-state index is 13.7. The maximum Gasteiger partial charge on any atom is 0.244 e. The first-order valence-electron chi connectivity index (χ1n) is 8.65. The van der Waals surface area contributed by atoms with Gasteiger partial charge in [0.2, 0.25) is 15.9 Å². The number of halogens is 2. The fourth-order valence-electron chi connectivity index (χ4n) is 2.58. The number of amides is 1. The minimum Gasteiger partial charge on any atom is -0.459 e. The summed E-state index contributed by atoms with van der Waals surface area (Å²) < 4.78 is 46.1. The molecule has 1 amide bonds. The van der Waals surface area contributed by atoms with Crippen LogP contribution in [0.15, 0.2) is 70.0 Å². The third-order valence-electron chi connectivity index (χ3n) is 4.08. The zero-order valence-electron chi connectivity index (χ0n) is 15.4. The van der Waals surface area contributed by atoms with Crippen LogP contribution in [0, 0.1) is 5.82 Å². The second kappa shape index (κ2) is 8.77. The number of carbonyl (C=O) groups excluding carboxylic acids is 1. The zero-order valence-corrected chi connectivity index (χ0v) is 16.9. The fourth-order valence-corrected chi connectivity index (χ4v) is 3.99. The van der Waals surface area contributed by atoms with Crippen LogP contribution >= 0.6 is 11.6 Å². The Bertz CT molecular complexity index is 1110. The Morgan fingerprint density at radius 1 is 1.10 bits per heavy atom. The van der Waals surface area contributed by atoms with Crippen molar-refractivity contribution in [3.05, 3.63) is 77.3 Å². The van der Waals surface area contributed by atoms with Crippen LogP contribution in [-0.4, -0.2) is 20.4 Å². The first kappa shape index (κ1) is 21.0. The Labute approximate surface area is 172 Å². The summed E-state index contributed by atoms with van der Waals surface area (Å²) in [6.07, 6.45) is 0. The van der Waals surface area contributed by atoms with E-state index in [0.717, 1.165) is 17.7 Å². The second-order valence-corrected chi connectivity index (χ2v) is 8.38. The summed E-state index contributed by atoms with van der Waals surface area (Å²) in [4.78, 5) is 11.7. The van der Waals surface area contributed by atoms with E-state index in [-0.39, 0.29) is 6.54 Å². The molecule has 0 aliphatic heterocycles. The van der Waals surface area contributed by atoms with Crippen LogP contribution < -0.4 is 10.0 Å². The highest BCUT2D eigenvalue weighted by Crippen LogP contribution is 2.23. The Morgan fingerprint density at radius 2 is 1.79 bits per heavy atom. The second-order valence-electron chi connectivity index (χ2n) is 6.26. The molecule has 2 aromatic carbocycles. The molecule has 152 valence electrons. The van der Waals surface area contributed by atoms with Gasteiger partial charge in [0, 0.05) is 10.6 Å². The smallest absolute Gasteiger partial charge is 0.244 e. The molecule has 0 radical (unpaired) electrons. The van der Waals surface area contributed by atoms with Crippen LogP contribution in [0.3, 0.4) is 0 Å². The van der Waals surface area contributed by atoms with Gasteiger partial charge in [0.25, 0.3) is 0 Å². The van der Waals surface area contributed by atoms with Crippen LogP contribution in [0.4, 0.5) is 4.39 Å². The number of hydrogen-bond acceptors (Lipinski definition) is 4. The Hall–Kier alpha value is -2.68. The molecule has 1 heterocycles. The minimum absolute atomic E-state index is 0.0676. The van der Waals surface area contributed by atoms with E-state index >= 15 is 0 Å². The molecule has 0 aliphatic carbocycles. The molecular formula is C20H18ClFN2O4S. The van der Waals surface area contributed by atoms with E-state index in [1.807, 2.05) is 12.1 Å². The van der Waals surface area contributed by atoms with E-state index in [0.29, 0.717) is 16.5 Å². The zero-order chi connectivity index (χ0) is 21.0. The molecular weight excluding hydrogens is 419 g/mol. The van der Waals surface area contributed by atoms with Crippen molar-refractivity contribution in [2.75, 3.05) is 0 Å². The minimum atomic E-state index is -4.17. The number of furan rings is 1. The van der Waals surface area contributed by atoms with E-state index in [1.165, 1.54) is 19.1 Å². The molecule has 0 saturated carbocycles. The summed E-state index contributed by atoms with van der Waals surface area (Å²) in [6.45, 7) is 1.44. The van der Waals surface area contributed by atoms with E-state index in [1.54, 1.807) is 24.3 Å². The van der Waals surface area contributed by atoms with Crippen molar-refractivity contribution < 1.29 is 22.0 Å². The van der Waals surface area contributed by atoms with E-state index < -0.39 is 32.7 Å². The molecule has 0 bridgehead atoms. The number of nitrogens with one attached hydrogen (secondary N) is 2. The quantitative estimate of drug-likeness (QED) is 0.590. The lowest BCUT2D eigenvalue weighted by molar-refractivity contribution is -0.122. The van der Waals surface area contributed by atoms with Gasteiger partial charge in [0.1, 0.15) is 22.2 Å². The van der Waals surface area contributed by atoms with Gasteiger partial charge in [0.05, 0.1) is 12.6 Å². The summed E-state index contributed by atoms with van der Waals surface area (Å²) in [5.41, 5.74) is 0.831. The van der Waals surface area contributed by atoms with E-state index in [9.17, 15) is 17.6 Å². The third-order valence-corrected chi connectivity index (χ3v) is 5.90. The molecule has 3 rings (SSSR count). The highest BCUT2D eigenvalue weighted by Gasteiger charge is 2.24. The van der Waals surface area contributed by atoms with E-state index in [4.69, 9.17) is 16.0 Å². The standard InChI is InChI=1S/C20H18ClFN2O4S/c1-13(24-29(26,27)19-5-3-2-4-17(19)22)20(25)23-12-16-10-11-18(28-16)14-6-8-15(21)9-7-14/h2-11,13,24H,12H2,1H3,(H,23,25)/t13-/m0/s1. The molecule has 29 heavy (non-hydrogen) atoms. The summed E-state index contributed by atoms with van der Waals surface area (Å²) >= 11 is 5.86. The molecule has 0 aliphatic rings. The molecule has 0 spiro atoms. The first-order chi connectivity index (χ1) is 13.8. The van der Waals surface area contributed by atoms with Crippen LogP contribution in [0.25, 0.3) is 11.3 Å². The number of hydrogen-bond donors (Lipinski definition) is 2. The van der Waals surface area contributed by atoms with Crippen molar-refractivity contribution in [1.29, 1.82) is 0 Å². The van der Waals surface area contributed by atoms with Gasteiger partial charge < -0.3 is 9.73 Å². The topological polar surface area (TPSA) is 88.4 Å². The summed E-state index contributed by atoms with van der Waals surface area (Å²) in [5, 5.41) is 3.20. The lowest BCUT2D eigenvalue weighted by Gasteiger charge is -2.14. The third kappa shape index (κ3) is 5.23.